The minimum Gasteiger partial charge on any atom is -0.330 e. The first-order valence-electron chi connectivity index (χ1n) is 7.45. The van der Waals surface area contributed by atoms with Crippen molar-refractivity contribution in [1.29, 1.82) is 0 Å². The molecule has 2 unspecified atom stereocenters. The third kappa shape index (κ3) is 7.65. The summed E-state index contributed by atoms with van der Waals surface area (Å²) in [5.41, 5.74) is 5.69. The second kappa shape index (κ2) is 11.1. The van der Waals surface area contributed by atoms with Crippen LogP contribution < -0.4 is 5.73 Å². The van der Waals surface area contributed by atoms with Crippen LogP contribution in [0.5, 0.6) is 0 Å². The summed E-state index contributed by atoms with van der Waals surface area (Å²) in [5, 5.41) is 0. The van der Waals surface area contributed by atoms with Crippen LogP contribution in [0.1, 0.15) is 46.5 Å². The zero-order valence-electron chi connectivity index (χ0n) is 13.1. The minimum atomic E-state index is 0.743. The van der Waals surface area contributed by atoms with Gasteiger partial charge < -0.3 is 10.6 Å². The highest BCUT2D eigenvalue weighted by Gasteiger charge is 2.15. The van der Waals surface area contributed by atoms with E-state index in [9.17, 15) is 0 Å². The monoisotopic (exact) mass is 274 g/mol. The highest BCUT2D eigenvalue weighted by molar-refractivity contribution is 7.98. The Morgan fingerprint density at radius 2 is 1.89 bits per heavy atom. The van der Waals surface area contributed by atoms with E-state index in [0.29, 0.717) is 0 Å². The molecule has 0 aliphatic carbocycles. The maximum atomic E-state index is 5.69. The predicted octanol–water partition coefficient (Wildman–Crippen LogP) is 3.46. The number of nitrogens with zero attached hydrogens (tertiary/aromatic N) is 1. The third-order valence-corrected chi connectivity index (χ3v) is 4.74. The second-order valence-corrected chi connectivity index (χ2v) is 6.63. The lowest BCUT2D eigenvalue weighted by atomic mass is 9.88. The average molecular weight is 275 g/mol. The number of hydrogen-bond donors (Lipinski definition) is 1. The lowest BCUT2D eigenvalue weighted by molar-refractivity contribution is 0.234. The fourth-order valence-electron chi connectivity index (χ4n) is 2.56. The van der Waals surface area contributed by atoms with Crippen molar-refractivity contribution >= 4 is 11.8 Å². The van der Waals surface area contributed by atoms with Crippen LogP contribution in [-0.2, 0) is 0 Å². The van der Waals surface area contributed by atoms with Crippen LogP contribution in [0.15, 0.2) is 0 Å². The van der Waals surface area contributed by atoms with Gasteiger partial charge in [0.1, 0.15) is 0 Å². The summed E-state index contributed by atoms with van der Waals surface area (Å²) in [5.74, 6) is 2.83. The molecule has 0 heterocycles. The van der Waals surface area contributed by atoms with Gasteiger partial charge in [0, 0.05) is 11.8 Å². The Kier molecular flexibility index (Phi) is 11.3. The lowest BCUT2D eigenvalue weighted by Gasteiger charge is -2.28. The number of hydrogen-bond acceptors (Lipinski definition) is 3. The van der Waals surface area contributed by atoms with E-state index in [0.717, 1.165) is 24.4 Å². The number of rotatable bonds is 11. The topological polar surface area (TPSA) is 29.3 Å². The summed E-state index contributed by atoms with van der Waals surface area (Å²) in [6.07, 6.45) is 7.28. The van der Waals surface area contributed by atoms with Crippen molar-refractivity contribution in [3.05, 3.63) is 0 Å². The van der Waals surface area contributed by atoms with E-state index in [2.05, 4.69) is 39.0 Å². The van der Waals surface area contributed by atoms with Gasteiger partial charge >= 0.3 is 0 Å². The van der Waals surface area contributed by atoms with Crippen molar-refractivity contribution in [2.75, 3.05) is 32.1 Å². The molecule has 2 nitrogen and oxygen atoms in total. The van der Waals surface area contributed by atoms with Gasteiger partial charge in [0.25, 0.3) is 0 Å². The first-order valence-corrected chi connectivity index (χ1v) is 8.85. The van der Waals surface area contributed by atoms with E-state index in [1.54, 1.807) is 0 Å². The zero-order valence-corrected chi connectivity index (χ0v) is 13.9. The number of nitrogens with two attached hydrogens (primary N) is 1. The second-order valence-electron chi connectivity index (χ2n) is 5.72. The fraction of sp³-hybridized carbons (Fsp3) is 1.00. The van der Waals surface area contributed by atoms with E-state index in [1.807, 2.05) is 11.8 Å². The normalized spacial score (nSPS) is 15.3. The lowest BCUT2D eigenvalue weighted by Crippen LogP contribution is -2.34. The van der Waals surface area contributed by atoms with Crippen LogP contribution in [0.3, 0.4) is 0 Å². The van der Waals surface area contributed by atoms with Gasteiger partial charge in [0.15, 0.2) is 0 Å². The molecular formula is C15H34N2S. The molecule has 0 fully saturated rings. The Bertz CT molecular complexity index is 185. The molecule has 3 heteroatoms. The molecule has 0 saturated heterocycles. The highest BCUT2D eigenvalue weighted by Crippen LogP contribution is 2.21. The van der Waals surface area contributed by atoms with Crippen LogP contribution in [0.2, 0.25) is 0 Å². The summed E-state index contributed by atoms with van der Waals surface area (Å²) < 4.78 is 0. The predicted molar refractivity (Wildman–Crippen MR) is 86.3 cm³/mol. The Hall–Kier alpha value is 0.270. The van der Waals surface area contributed by atoms with Gasteiger partial charge in [-0.2, -0.15) is 11.8 Å². The van der Waals surface area contributed by atoms with Crippen LogP contribution in [0.25, 0.3) is 0 Å². The quantitative estimate of drug-likeness (QED) is 0.625. The Labute approximate surface area is 119 Å². The van der Waals surface area contributed by atoms with E-state index >= 15 is 0 Å². The molecule has 0 rings (SSSR count). The Balaban J connectivity index is 3.92. The average Bonchev–Trinajstić information content (AvgIpc) is 2.34. The standard InChI is InChI=1S/C15H34N2S/c1-6-15(12-18-5)17(4)11-7-8-14(9-10-16)13(2)3/h13-15H,6-12,16H2,1-5H3. The van der Waals surface area contributed by atoms with E-state index in [-0.39, 0.29) is 0 Å². The van der Waals surface area contributed by atoms with Crippen molar-refractivity contribution < 1.29 is 0 Å². The summed E-state index contributed by atoms with van der Waals surface area (Å²) >= 11 is 1.96. The smallest absolute Gasteiger partial charge is 0.0180 e. The molecule has 0 aromatic rings. The van der Waals surface area contributed by atoms with E-state index in [1.165, 1.54) is 38.0 Å². The summed E-state index contributed by atoms with van der Waals surface area (Å²) in [6.45, 7) is 9.01. The Morgan fingerprint density at radius 3 is 2.33 bits per heavy atom. The molecular weight excluding hydrogens is 240 g/mol. The fourth-order valence-corrected chi connectivity index (χ4v) is 3.43. The first-order chi connectivity index (χ1) is 8.56. The van der Waals surface area contributed by atoms with Crippen molar-refractivity contribution in [3.8, 4) is 0 Å². The molecule has 0 aliphatic heterocycles. The van der Waals surface area contributed by atoms with Crippen molar-refractivity contribution in [1.82, 2.24) is 4.90 Å². The summed E-state index contributed by atoms with van der Waals surface area (Å²) in [6, 6.07) is 0.743. The largest absolute Gasteiger partial charge is 0.330 e. The van der Waals surface area contributed by atoms with Crippen LogP contribution in [0, 0.1) is 11.8 Å². The highest BCUT2D eigenvalue weighted by atomic mass is 32.2. The molecule has 0 radical (unpaired) electrons. The summed E-state index contributed by atoms with van der Waals surface area (Å²) in [7, 11) is 2.28. The van der Waals surface area contributed by atoms with Crippen LogP contribution in [0.4, 0.5) is 0 Å². The van der Waals surface area contributed by atoms with E-state index < -0.39 is 0 Å². The molecule has 0 aromatic carbocycles. The van der Waals surface area contributed by atoms with Gasteiger partial charge in [-0.05, 0) is 63.9 Å². The molecule has 18 heavy (non-hydrogen) atoms. The van der Waals surface area contributed by atoms with Gasteiger partial charge in [0.05, 0.1) is 0 Å². The maximum Gasteiger partial charge on any atom is 0.0180 e. The van der Waals surface area contributed by atoms with Gasteiger partial charge in [-0.25, -0.2) is 0 Å². The molecule has 110 valence electrons. The van der Waals surface area contributed by atoms with Crippen molar-refractivity contribution in [2.24, 2.45) is 17.6 Å². The Morgan fingerprint density at radius 1 is 1.22 bits per heavy atom. The molecule has 0 amide bonds. The van der Waals surface area contributed by atoms with Crippen molar-refractivity contribution in [2.45, 2.75) is 52.5 Å². The molecule has 0 aromatic heterocycles. The first kappa shape index (κ1) is 18.3. The van der Waals surface area contributed by atoms with E-state index in [4.69, 9.17) is 5.73 Å². The van der Waals surface area contributed by atoms with Gasteiger partial charge in [-0.1, -0.05) is 20.8 Å². The SMILES string of the molecule is CCC(CSC)N(C)CCCC(CCN)C(C)C. The van der Waals surface area contributed by atoms with Gasteiger partial charge in [0.2, 0.25) is 0 Å². The summed E-state index contributed by atoms with van der Waals surface area (Å²) in [4.78, 5) is 2.54. The zero-order chi connectivity index (χ0) is 14.0. The maximum absolute atomic E-state index is 5.69. The molecule has 0 spiro atoms. The minimum absolute atomic E-state index is 0.743. The molecule has 2 atom stereocenters. The van der Waals surface area contributed by atoms with Gasteiger partial charge in [-0.15, -0.1) is 0 Å². The molecule has 0 bridgehead atoms. The van der Waals surface area contributed by atoms with Crippen LogP contribution >= 0.6 is 11.8 Å². The third-order valence-electron chi connectivity index (χ3n) is 4.02. The molecule has 0 saturated carbocycles. The molecule has 0 aliphatic rings. The van der Waals surface area contributed by atoms with Crippen molar-refractivity contribution in [3.63, 3.8) is 0 Å². The van der Waals surface area contributed by atoms with Gasteiger partial charge in [-0.3, -0.25) is 0 Å². The number of thioether (sulfide) groups is 1. The molecule has 2 N–H and O–H groups in total. The van der Waals surface area contributed by atoms with Crippen LogP contribution in [-0.4, -0.2) is 43.1 Å².